The lowest BCUT2D eigenvalue weighted by Gasteiger charge is -2.22. The molecule has 0 fully saturated rings. The lowest BCUT2D eigenvalue weighted by molar-refractivity contribution is 0.660. The predicted octanol–water partition coefficient (Wildman–Crippen LogP) is 11.7. The fourth-order valence-corrected chi connectivity index (χ4v) is 8.50. The van der Waals surface area contributed by atoms with Crippen LogP contribution in [0.25, 0.3) is 88.2 Å². The molecule has 52 heavy (non-hydrogen) atoms. The summed E-state index contributed by atoms with van der Waals surface area (Å²) in [6, 6.07) is 52.5. The van der Waals surface area contributed by atoms with Crippen LogP contribution in [0.2, 0.25) is 0 Å². The highest BCUT2D eigenvalue weighted by atomic mass is 32.1. The van der Waals surface area contributed by atoms with Crippen LogP contribution < -0.4 is 0 Å². The monoisotopic (exact) mass is 685 g/mol. The van der Waals surface area contributed by atoms with Crippen molar-refractivity contribution in [3.05, 3.63) is 163 Å². The normalized spacial score (nSPS) is 13.0. The van der Waals surface area contributed by atoms with Gasteiger partial charge >= 0.3 is 0 Å². The van der Waals surface area contributed by atoms with Crippen molar-refractivity contribution in [3.63, 3.8) is 0 Å². The Bertz CT molecular complexity index is 2750. The number of thiazole rings is 1. The Kier molecular flexibility index (Phi) is 6.95. The molecule has 10 rings (SSSR count). The Morgan fingerprint density at radius 2 is 1.10 bits per heavy atom. The molecule has 0 radical (unpaired) electrons. The van der Waals surface area contributed by atoms with Crippen LogP contribution >= 0.6 is 11.3 Å². The lowest BCUT2D eigenvalue weighted by atomic mass is 9.82. The highest BCUT2D eigenvalue weighted by Gasteiger charge is 2.38. The molecule has 0 N–H and O–H groups in total. The molecule has 5 nitrogen and oxygen atoms in total. The smallest absolute Gasteiger partial charge is 0.183 e. The zero-order valence-corrected chi connectivity index (χ0v) is 29.4. The van der Waals surface area contributed by atoms with Gasteiger partial charge in [0.25, 0.3) is 0 Å². The Balaban J connectivity index is 1.20. The number of hydrogen-bond acceptors (Lipinski definition) is 6. The predicted molar refractivity (Wildman–Crippen MR) is 213 cm³/mol. The molecule has 0 bridgehead atoms. The number of rotatable bonds is 5. The maximum absolute atomic E-state index is 5.47. The summed E-state index contributed by atoms with van der Waals surface area (Å²) in [6.45, 7) is 4.60. The van der Waals surface area contributed by atoms with E-state index in [1.54, 1.807) is 11.3 Å². The van der Waals surface area contributed by atoms with E-state index >= 15 is 0 Å². The third-order valence-corrected chi connectivity index (χ3v) is 11.2. The SMILES string of the molecule is CC1(C)c2ccccc2-c2c1cc(-c1ccc3c(ccc4sc(-c5ccccc5)nc43)c1)nc2-c1nc(-c2ccccc2)nc(-c2ccccc2)n1. The van der Waals surface area contributed by atoms with Crippen LogP contribution in [-0.4, -0.2) is 24.9 Å². The van der Waals surface area contributed by atoms with E-state index in [0.717, 1.165) is 66.1 Å². The van der Waals surface area contributed by atoms with E-state index in [1.165, 1.54) is 15.8 Å². The van der Waals surface area contributed by atoms with Crippen LogP contribution in [0.5, 0.6) is 0 Å². The summed E-state index contributed by atoms with van der Waals surface area (Å²) < 4.78 is 1.18. The molecule has 0 saturated heterocycles. The van der Waals surface area contributed by atoms with Gasteiger partial charge in [-0.25, -0.2) is 24.9 Å². The van der Waals surface area contributed by atoms with Crippen LogP contribution in [0, 0.1) is 0 Å². The van der Waals surface area contributed by atoms with Gasteiger partial charge in [-0.2, -0.15) is 0 Å². The van der Waals surface area contributed by atoms with E-state index in [2.05, 4.69) is 98.8 Å². The number of aromatic nitrogens is 5. The van der Waals surface area contributed by atoms with Crippen LogP contribution in [-0.2, 0) is 5.41 Å². The van der Waals surface area contributed by atoms with E-state index in [4.69, 9.17) is 24.9 Å². The van der Waals surface area contributed by atoms with Gasteiger partial charge in [-0.05, 0) is 40.3 Å². The minimum Gasteiger partial charge on any atom is -0.244 e. The van der Waals surface area contributed by atoms with E-state index in [0.29, 0.717) is 17.5 Å². The third-order valence-electron chi connectivity index (χ3n) is 10.2. The molecule has 0 aliphatic heterocycles. The second-order valence-corrected chi connectivity index (χ2v) is 14.8. The van der Waals surface area contributed by atoms with Gasteiger partial charge in [-0.1, -0.05) is 147 Å². The fourth-order valence-electron chi connectivity index (χ4n) is 7.51. The largest absolute Gasteiger partial charge is 0.244 e. The van der Waals surface area contributed by atoms with Crippen molar-refractivity contribution in [2.24, 2.45) is 0 Å². The molecule has 6 heteroatoms. The van der Waals surface area contributed by atoms with Crippen molar-refractivity contribution in [2.45, 2.75) is 19.3 Å². The van der Waals surface area contributed by atoms with E-state index in [-0.39, 0.29) is 5.41 Å². The zero-order chi connectivity index (χ0) is 34.8. The second kappa shape index (κ2) is 11.9. The molecule has 0 saturated carbocycles. The Morgan fingerprint density at radius 3 is 1.79 bits per heavy atom. The standard InChI is InChI=1S/C46H31N5S/c1-46(2)35-21-13-12-20-34(35)39-36(46)27-37(32-22-24-33-31(26-32)23-25-38-40(33)48-45(52-38)30-18-10-5-11-19-30)47-41(39)44-50-42(28-14-6-3-7-15-28)49-43(51-44)29-16-8-4-9-17-29/h3-27H,1-2H3. The average Bonchev–Trinajstić information content (AvgIpc) is 3.75. The summed E-state index contributed by atoms with van der Waals surface area (Å²) in [5, 5.41) is 3.28. The van der Waals surface area contributed by atoms with Gasteiger partial charge in [-0.3, -0.25) is 0 Å². The van der Waals surface area contributed by atoms with Crippen LogP contribution in [0.4, 0.5) is 0 Å². The molecule has 1 aliphatic carbocycles. The van der Waals surface area contributed by atoms with Crippen molar-refractivity contribution in [1.29, 1.82) is 0 Å². The molecule has 6 aromatic carbocycles. The lowest BCUT2D eigenvalue weighted by Crippen LogP contribution is -2.15. The Hall–Kier alpha value is -6.37. The molecular formula is C46H31N5S. The number of benzene rings is 6. The van der Waals surface area contributed by atoms with Crippen LogP contribution in [0.15, 0.2) is 152 Å². The van der Waals surface area contributed by atoms with Gasteiger partial charge in [-0.15, -0.1) is 11.3 Å². The molecule has 0 amide bonds. The molecule has 9 aromatic rings. The minimum absolute atomic E-state index is 0.257. The van der Waals surface area contributed by atoms with Gasteiger partial charge in [0.15, 0.2) is 17.5 Å². The number of pyridine rings is 1. The summed E-state index contributed by atoms with van der Waals surface area (Å²) in [5.74, 6) is 1.78. The molecule has 0 unspecified atom stereocenters. The van der Waals surface area contributed by atoms with Gasteiger partial charge in [0.05, 0.1) is 15.9 Å². The first-order valence-electron chi connectivity index (χ1n) is 17.4. The highest BCUT2D eigenvalue weighted by Crippen LogP contribution is 2.52. The molecule has 246 valence electrons. The van der Waals surface area contributed by atoms with Crippen molar-refractivity contribution in [2.75, 3.05) is 0 Å². The van der Waals surface area contributed by atoms with Crippen molar-refractivity contribution in [1.82, 2.24) is 24.9 Å². The molecular weight excluding hydrogens is 655 g/mol. The van der Waals surface area contributed by atoms with Crippen molar-refractivity contribution < 1.29 is 0 Å². The van der Waals surface area contributed by atoms with Crippen molar-refractivity contribution >= 4 is 32.3 Å². The Morgan fingerprint density at radius 1 is 0.481 bits per heavy atom. The molecule has 3 heterocycles. The first kappa shape index (κ1) is 30.5. The third kappa shape index (κ3) is 4.94. The summed E-state index contributed by atoms with van der Waals surface area (Å²) in [7, 11) is 0. The maximum atomic E-state index is 5.47. The summed E-state index contributed by atoms with van der Waals surface area (Å²) >= 11 is 1.73. The van der Waals surface area contributed by atoms with E-state index in [1.807, 2.05) is 66.7 Å². The number of nitrogens with zero attached hydrogens (tertiary/aromatic N) is 5. The summed E-state index contributed by atoms with van der Waals surface area (Å²) in [5.41, 5.74) is 11.1. The number of fused-ring (bicyclic) bond motifs is 6. The minimum atomic E-state index is -0.257. The fraction of sp³-hybridized carbons (Fsp3) is 0.0652. The Labute approximate surface area is 305 Å². The first-order chi connectivity index (χ1) is 25.5. The zero-order valence-electron chi connectivity index (χ0n) is 28.6. The molecule has 1 aliphatic rings. The van der Waals surface area contributed by atoms with E-state index in [9.17, 15) is 0 Å². The maximum Gasteiger partial charge on any atom is 0.183 e. The average molecular weight is 686 g/mol. The summed E-state index contributed by atoms with van der Waals surface area (Å²) in [6.07, 6.45) is 0. The molecule has 0 atom stereocenters. The van der Waals surface area contributed by atoms with E-state index < -0.39 is 0 Å². The summed E-state index contributed by atoms with van der Waals surface area (Å²) in [4.78, 5) is 25.8. The highest BCUT2D eigenvalue weighted by molar-refractivity contribution is 7.21. The second-order valence-electron chi connectivity index (χ2n) is 13.7. The van der Waals surface area contributed by atoms with Gasteiger partial charge in [0.1, 0.15) is 10.7 Å². The van der Waals surface area contributed by atoms with Gasteiger partial charge in [0.2, 0.25) is 0 Å². The first-order valence-corrected chi connectivity index (χ1v) is 18.2. The van der Waals surface area contributed by atoms with Crippen molar-refractivity contribution in [3.8, 4) is 67.2 Å². The van der Waals surface area contributed by atoms with Gasteiger partial charge < -0.3 is 0 Å². The number of hydrogen-bond donors (Lipinski definition) is 0. The molecule has 0 spiro atoms. The van der Waals surface area contributed by atoms with Crippen LogP contribution in [0.3, 0.4) is 0 Å². The van der Waals surface area contributed by atoms with Crippen LogP contribution in [0.1, 0.15) is 25.0 Å². The quantitative estimate of drug-likeness (QED) is 0.180. The molecule has 3 aromatic heterocycles. The topological polar surface area (TPSA) is 64.5 Å². The van der Waals surface area contributed by atoms with Gasteiger partial charge in [0, 0.05) is 38.6 Å².